The number of hydrogen-bond acceptors (Lipinski definition) is 8. The number of aromatic nitrogens is 3. The summed E-state index contributed by atoms with van der Waals surface area (Å²) in [5.41, 5.74) is 3.60. The molecule has 0 aliphatic carbocycles. The molecule has 0 saturated heterocycles. The van der Waals surface area contributed by atoms with Crippen molar-refractivity contribution < 1.29 is 23.8 Å². The summed E-state index contributed by atoms with van der Waals surface area (Å²) in [4.78, 5) is 26.2. The van der Waals surface area contributed by atoms with Crippen LogP contribution in [0, 0.1) is 12.7 Å². The molecule has 0 fully saturated rings. The lowest BCUT2D eigenvalue weighted by molar-refractivity contribution is -0.113. The van der Waals surface area contributed by atoms with Crippen molar-refractivity contribution in [2.45, 2.75) is 25.0 Å². The maximum Gasteiger partial charge on any atom is 0.234 e. The van der Waals surface area contributed by atoms with Crippen LogP contribution < -0.4 is 14.8 Å². The first-order valence-corrected chi connectivity index (χ1v) is 12.4. The van der Waals surface area contributed by atoms with Gasteiger partial charge in [0.15, 0.2) is 11.6 Å². The third kappa shape index (κ3) is 5.11. The van der Waals surface area contributed by atoms with Gasteiger partial charge in [0.05, 0.1) is 36.3 Å². The van der Waals surface area contributed by atoms with Gasteiger partial charge in [-0.3, -0.25) is 9.78 Å². The predicted molar refractivity (Wildman–Crippen MR) is 138 cm³/mol. The maximum absolute atomic E-state index is 14.6. The van der Waals surface area contributed by atoms with Gasteiger partial charge in [-0.05, 0) is 43.3 Å². The Bertz CT molecular complexity index is 1480. The molecule has 8 nitrogen and oxygen atoms in total. The van der Waals surface area contributed by atoms with Crippen molar-refractivity contribution >= 4 is 23.4 Å². The van der Waals surface area contributed by atoms with Crippen molar-refractivity contribution in [3.05, 3.63) is 82.9 Å². The van der Waals surface area contributed by atoms with Crippen LogP contribution in [0.3, 0.4) is 0 Å². The van der Waals surface area contributed by atoms with Gasteiger partial charge in [-0.2, -0.15) is 4.98 Å². The van der Waals surface area contributed by atoms with Crippen LogP contribution in [0.4, 0.5) is 10.1 Å². The quantitative estimate of drug-likeness (QED) is 0.231. The van der Waals surface area contributed by atoms with Crippen LogP contribution in [0.1, 0.15) is 22.4 Å². The number of nitrogens with one attached hydrogen (secondary N) is 1. The lowest BCUT2D eigenvalue weighted by Gasteiger charge is -2.24. The van der Waals surface area contributed by atoms with E-state index in [2.05, 4.69) is 20.3 Å². The summed E-state index contributed by atoms with van der Waals surface area (Å²) in [6.07, 6.45) is 2.00. The summed E-state index contributed by atoms with van der Waals surface area (Å²) in [5, 5.41) is 13.2. The van der Waals surface area contributed by atoms with Crippen LogP contribution >= 0.6 is 11.8 Å². The van der Waals surface area contributed by atoms with E-state index in [1.807, 2.05) is 6.92 Å². The van der Waals surface area contributed by atoms with Gasteiger partial charge in [0.25, 0.3) is 0 Å². The summed E-state index contributed by atoms with van der Waals surface area (Å²) < 4.78 is 25.9. The lowest BCUT2D eigenvalue weighted by atomic mass is 9.99. The number of aliphatic hydroxyl groups is 1. The van der Waals surface area contributed by atoms with Crippen LogP contribution in [-0.4, -0.2) is 38.8 Å². The zero-order valence-corrected chi connectivity index (χ0v) is 20.9. The first-order valence-electron chi connectivity index (χ1n) is 11.5. The van der Waals surface area contributed by atoms with Crippen LogP contribution in [0.15, 0.2) is 59.8 Å². The number of aliphatic hydroxyl groups excluding tert-OH is 1. The molecule has 2 aromatic heterocycles. The minimum Gasteiger partial charge on any atom is -0.497 e. The van der Waals surface area contributed by atoms with E-state index in [4.69, 9.17) is 9.47 Å². The monoisotopic (exact) mass is 518 g/mol. The SMILES string of the molecule is COc1ccc(NC(=O)CSc2nc(-c3ccccc3F)nc3c2Cc2c(CO)cnc(C)c2O3)cc1. The Morgan fingerprint density at radius 1 is 1.16 bits per heavy atom. The Balaban J connectivity index is 1.47. The topological polar surface area (TPSA) is 106 Å². The number of ether oxygens (including phenoxy) is 2. The number of carbonyl (C=O) groups excluding carboxylic acids is 1. The molecule has 37 heavy (non-hydrogen) atoms. The number of anilines is 1. The van der Waals surface area contributed by atoms with Gasteiger partial charge >= 0.3 is 0 Å². The highest BCUT2D eigenvalue weighted by Crippen LogP contribution is 2.42. The number of methoxy groups -OCH3 is 1. The molecule has 3 heterocycles. The maximum atomic E-state index is 14.6. The highest BCUT2D eigenvalue weighted by Gasteiger charge is 2.28. The molecule has 2 aromatic carbocycles. The van der Waals surface area contributed by atoms with E-state index in [1.165, 1.54) is 17.8 Å². The van der Waals surface area contributed by atoms with Crippen LogP contribution in [0.5, 0.6) is 17.4 Å². The van der Waals surface area contributed by atoms with Gasteiger partial charge in [-0.1, -0.05) is 23.9 Å². The van der Waals surface area contributed by atoms with Gasteiger partial charge in [0, 0.05) is 29.4 Å². The molecule has 0 spiro atoms. The fourth-order valence-electron chi connectivity index (χ4n) is 3.98. The van der Waals surface area contributed by atoms with Gasteiger partial charge < -0.3 is 19.9 Å². The third-order valence-corrected chi connectivity index (χ3v) is 6.90. The summed E-state index contributed by atoms with van der Waals surface area (Å²) in [6, 6.07) is 13.2. The number of halogens is 1. The Labute approximate surface area is 216 Å². The van der Waals surface area contributed by atoms with Gasteiger partial charge in [0.1, 0.15) is 16.6 Å². The van der Waals surface area contributed by atoms with Crippen LogP contribution in [0.25, 0.3) is 11.4 Å². The molecule has 1 aliphatic heterocycles. The highest BCUT2D eigenvalue weighted by atomic mass is 32.2. The van der Waals surface area contributed by atoms with Gasteiger partial charge in [-0.25, -0.2) is 9.37 Å². The lowest BCUT2D eigenvalue weighted by Crippen LogP contribution is -2.16. The van der Waals surface area contributed by atoms with Crippen molar-refractivity contribution in [3.8, 4) is 28.8 Å². The van der Waals surface area contributed by atoms with E-state index in [0.29, 0.717) is 45.5 Å². The number of carbonyl (C=O) groups is 1. The molecule has 188 valence electrons. The molecule has 0 bridgehead atoms. The summed E-state index contributed by atoms with van der Waals surface area (Å²) >= 11 is 1.21. The largest absolute Gasteiger partial charge is 0.497 e. The van der Waals surface area contributed by atoms with Crippen molar-refractivity contribution in [1.29, 1.82) is 0 Å². The number of hydrogen-bond donors (Lipinski definition) is 2. The Morgan fingerprint density at radius 2 is 1.95 bits per heavy atom. The molecule has 1 aliphatic rings. The van der Waals surface area contributed by atoms with Crippen molar-refractivity contribution in [2.75, 3.05) is 18.2 Å². The average Bonchev–Trinajstić information content (AvgIpc) is 2.92. The molecular weight excluding hydrogens is 495 g/mol. The Morgan fingerprint density at radius 3 is 2.68 bits per heavy atom. The molecule has 0 unspecified atom stereocenters. The third-order valence-electron chi connectivity index (χ3n) is 5.89. The number of rotatable bonds is 7. The minimum absolute atomic E-state index is 0.0568. The van der Waals surface area contributed by atoms with Crippen molar-refractivity contribution in [3.63, 3.8) is 0 Å². The number of amides is 1. The molecule has 2 N–H and O–H groups in total. The molecule has 0 radical (unpaired) electrons. The van der Waals surface area contributed by atoms with Crippen molar-refractivity contribution in [2.24, 2.45) is 0 Å². The summed E-state index contributed by atoms with van der Waals surface area (Å²) in [5.74, 6) is 0.997. The number of thioether (sulfide) groups is 1. The zero-order chi connectivity index (χ0) is 25.9. The van der Waals surface area contributed by atoms with E-state index in [-0.39, 0.29) is 35.5 Å². The number of pyridine rings is 1. The number of aryl methyl sites for hydroxylation is 1. The molecular formula is C27H23FN4O4S. The molecule has 5 rings (SSSR count). The van der Waals surface area contributed by atoms with Crippen LogP contribution in [-0.2, 0) is 17.8 Å². The second kappa shape index (κ2) is 10.5. The van der Waals surface area contributed by atoms with E-state index >= 15 is 0 Å². The standard InChI is InChI=1S/C27H23FN4O4S/c1-15-24-20(16(13-33)12-29-15)11-21-26(36-24)31-25(19-5-3-4-6-22(19)28)32-27(21)37-14-23(34)30-17-7-9-18(35-2)10-8-17/h3-10,12,33H,11,13-14H2,1-2H3,(H,30,34). The molecule has 1 amide bonds. The first kappa shape index (κ1) is 24.7. The molecule has 10 heteroatoms. The second-order valence-electron chi connectivity index (χ2n) is 8.29. The number of fused-ring (bicyclic) bond motifs is 2. The Hall–Kier alpha value is -4.02. The number of nitrogens with zero attached hydrogens (tertiary/aromatic N) is 3. The van der Waals surface area contributed by atoms with Crippen LogP contribution in [0.2, 0.25) is 0 Å². The normalized spacial score (nSPS) is 11.8. The second-order valence-corrected chi connectivity index (χ2v) is 9.26. The average molecular weight is 519 g/mol. The van der Waals surface area contributed by atoms with E-state index in [0.717, 1.165) is 5.56 Å². The minimum atomic E-state index is -0.465. The summed E-state index contributed by atoms with van der Waals surface area (Å²) in [7, 11) is 1.58. The van der Waals surface area contributed by atoms with Gasteiger partial charge in [0.2, 0.25) is 11.8 Å². The van der Waals surface area contributed by atoms with E-state index in [1.54, 1.807) is 55.8 Å². The highest BCUT2D eigenvalue weighted by molar-refractivity contribution is 8.00. The Kier molecular flexibility index (Phi) is 7.02. The smallest absolute Gasteiger partial charge is 0.234 e. The molecule has 0 saturated carbocycles. The zero-order valence-electron chi connectivity index (χ0n) is 20.1. The summed E-state index contributed by atoms with van der Waals surface area (Å²) in [6.45, 7) is 1.61. The van der Waals surface area contributed by atoms with Crippen molar-refractivity contribution in [1.82, 2.24) is 15.0 Å². The first-order chi connectivity index (χ1) is 18.0. The fraction of sp³-hybridized carbons (Fsp3) is 0.185. The molecule has 0 atom stereocenters. The van der Waals surface area contributed by atoms with E-state index in [9.17, 15) is 14.3 Å². The molecule has 4 aromatic rings. The predicted octanol–water partition coefficient (Wildman–Crippen LogP) is 4.91. The fourth-order valence-corrected chi connectivity index (χ4v) is 4.81. The number of benzene rings is 2. The van der Waals surface area contributed by atoms with Gasteiger partial charge in [-0.15, -0.1) is 0 Å². The van der Waals surface area contributed by atoms with E-state index < -0.39 is 5.82 Å².